The van der Waals surface area contributed by atoms with Crippen molar-refractivity contribution in [2.45, 2.75) is 18.9 Å². The second kappa shape index (κ2) is 8.53. The molecule has 0 aromatic heterocycles. The molecule has 15 heavy (non-hydrogen) atoms. The molecule has 8 heteroatoms. The molecule has 0 saturated carbocycles. The molecule has 0 aromatic carbocycles. The van der Waals surface area contributed by atoms with Gasteiger partial charge in [-0.15, -0.1) is 0 Å². The van der Waals surface area contributed by atoms with E-state index in [9.17, 15) is 4.79 Å². The quantitative estimate of drug-likeness (QED) is 0.226. The van der Waals surface area contributed by atoms with Crippen molar-refractivity contribution in [3.8, 4) is 0 Å². The van der Waals surface area contributed by atoms with Gasteiger partial charge >= 0.3 is 5.97 Å². The number of unbranched alkanes of at least 4 members (excludes halogenated alkanes) is 1. The lowest BCUT2D eigenvalue weighted by atomic mass is 10.3. The zero-order valence-corrected chi connectivity index (χ0v) is 8.20. The van der Waals surface area contributed by atoms with Gasteiger partial charge in [-0.25, -0.2) is 0 Å². The minimum atomic E-state index is -1.01. The maximum absolute atomic E-state index is 10.9. The van der Waals surface area contributed by atoms with Gasteiger partial charge in [0.15, 0.2) is 0 Å². The minimum absolute atomic E-state index is 0.0939. The fraction of sp³-hybridized carbons (Fsp3) is 0.857. The maximum Gasteiger partial charge on any atom is 0.325 e. The zero-order valence-electron chi connectivity index (χ0n) is 8.20. The van der Waals surface area contributed by atoms with E-state index in [0.717, 1.165) is 0 Å². The van der Waals surface area contributed by atoms with Gasteiger partial charge < -0.3 is 15.6 Å². The Bertz CT molecular complexity index is 177. The number of hydrogen-bond donors (Lipinski definition) is 4. The van der Waals surface area contributed by atoms with Gasteiger partial charge in [0.2, 0.25) is 0 Å². The number of carbonyl (C=O) groups excluding carboxylic acids is 1. The van der Waals surface area contributed by atoms with Crippen LogP contribution in [0.25, 0.3) is 0 Å². The summed E-state index contributed by atoms with van der Waals surface area (Å²) in [6.45, 7) is -0.213. The van der Waals surface area contributed by atoms with Crippen LogP contribution < -0.4 is 5.73 Å². The molecule has 0 bridgehead atoms. The van der Waals surface area contributed by atoms with Crippen LogP contribution in [0.1, 0.15) is 12.8 Å². The monoisotopic (exact) mass is 224 g/mol. The van der Waals surface area contributed by atoms with Crippen molar-refractivity contribution >= 4 is 5.97 Å². The molecule has 5 N–H and O–H groups in total. The minimum Gasteiger partial charge on any atom is -0.464 e. The van der Waals surface area contributed by atoms with Gasteiger partial charge in [0.05, 0.1) is 25.2 Å². The van der Waals surface area contributed by atoms with Crippen LogP contribution in [0, 0.1) is 0 Å². The molecule has 0 aliphatic carbocycles. The fourth-order valence-electron chi connectivity index (χ4n) is 0.705. The third kappa shape index (κ3) is 8.24. The van der Waals surface area contributed by atoms with Crippen LogP contribution in [0.15, 0.2) is 0 Å². The number of aliphatic hydroxyl groups is 1. The second-order valence-electron chi connectivity index (χ2n) is 2.75. The van der Waals surface area contributed by atoms with Crippen LogP contribution in [0.3, 0.4) is 0 Å². The molecule has 0 aliphatic heterocycles. The molecule has 90 valence electrons. The average Bonchev–Trinajstić information content (AvgIpc) is 2.21. The van der Waals surface area contributed by atoms with Crippen molar-refractivity contribution in [3.63, 3.8) is 0 Å². The van der Waals surface area contributed by atoms with Crippen molar-refractivity contribution in [1.82, 2.24) is 5.39 Å². The Labute approximate surface area is 86.7 Å². The summed E-state index contributed by atoms with van der Waals surface area (Å²) in [6, 6.07) is -1.01. The van der Waals surface area contributed by atoms with Crippen LogP contribution in [-0.4, -0.2) is 52.7 Å². The molecule has 0 aliphatic rings. The highest BCUT2D eigenvalue weighted by Crippen LogP contribution is 1.94. The summed E-state index contributed by atoms with van der Waals surface area (Å²) in [5.41, 5.74) is 5.18. The summed E-state index contributed by atoms with van der Waals surface area (Å²) in [5, 5.41) is 24.4. The van der Waals surface area contributed by atoms with E-state index in [1.165, 1.54) is 0 Å². The first-order chi connectivity index (χ1) is 7.07. The molecule has 0 radical (unpaired) electrons. The number of nitrogens with zero attached hydrogens (tertiary/aromatic N) is 1. The summed E-state index contributed by atoms with van der Waals surface area (Å²) >= 11 is 0. The first kappa shape index (κ1) is 14.2. The topological polar surface area (TPSA) is 125 Å². The number of esters is 1. The lowest BCUT2D eigenvalue weighted by molar-refractivity contribution is -0.492. The van der Waals surface area contributed by atoms with Crippen LogP contribution in [0.5, 0.6) is 0 Å². The first-order valence-electron chi connectivity index (χ1n) is 4.41. The molecule has 8 nitrogen and oxygen atoms in total. The van der Waals surface area contributed by atoms with E-state index in [2.05, 4.69) is 9.57 Å². The van der Waals surface area contributed by atoms with E-state index in [1.807, 2.05) is 0 Å². The normalized spacial score (nSPS) is 12.9. The van der Waals surface area contributed by atoms with E-state index < -0.39 is 18.6 Å². The molecular weight excluding hydrogens is 208 g/mol. The first-order valence-corrected chi connectivity index (χ1v) is 4.41. The lowest BCUT2D eigenvalue weighted by Crippen LogP contribution is -2.35. The largest absolute Gasteiger partial charge is 0.464 e. The van der Waals surface area contributed by atoms with Crippen LogP contribution in [-0.2, 0) is 14.4 Å². The van der Waals surface area contributed by atoms with Crippen molar-refractivity contribution in [3.05, 3.63) is 0 Å². The summed E-state index contributed by atoms with van der Waals surface area (Å²) < 4.78 is 4.68. The van der Waals surface area contributed by atoms with Crippen molar-refractivity contribution in [2.24, 2.45) is 5.73 Å². The smallest absolute Gasteiger partial charge is 0.325 e. The van der Waals surface area contributed by atoms with Crippen molar-refractivity contribution in [2.75, 3.05) is 19.8 Å². The van der Waals surface area contributed by atoms with Gasteiger partial charge in [0.25, 0.3) is 0 Å². The van der Waals surface area contributed by atoms with E-state index in [1.54, 1.807) is 0 Å². The summed E-state index contributed by atoms with van der Waals surface area (Å²) in [5.74, 6) is -0.663. The Morgan fingerprint density at radius 2 is 1.93 bits per heavy atom. The Morgan fingerprint density at radius 3 is 2.47 bits per heavy atom. The Morgan fingerprint density at radius 1 is 1.33 bits per heavy atom. The van der Waals surface area contributed by atoms with Crippen LogP contribution in [0.2, 0.25) is 0 Å². The number of ether oxygens (including phenoxy) is 1. The molecule has 0 aromatic rings. The van der Waals surface area contributed by atoms with Gasteiger partial charge in [-0.3, -0.25) is 20.0 Å². The predicted molar refractivity (Wildman–Crippen MR) is 46.6 cm³/mol. The molecule has 0 fully saturated rings. The molecule has 0 saturated heterocycles. The summed E-state index contributed by atoms with van der Waals surface area (Å²) in [4.78, 5) is 15.1. The Balaban J connectivity index is 3.27. The standard InChI is InChI=1S/C7H16N2O6/c8-6(5-10)7(11)14-3-1-2-4-15-9(12)13/h6,10,12-13H,1-5,8H2. The molecule has 1 unspecified atom stereocenters. The van der Waals surface area contributed by atoms with Gasteiger partial charge in [-0.2, -0.15) is 0 Å². The van der Waals surface area contributed by atoms with Gasteiger partial charge in [0.1, 0.15) is 6.04 Å². The van der Waals surface area contributed by atoms with Gasteiger partial charge in [-0.05, 0) is 12.8 Å². The van der Waals surface area contributed by atoms with E-state index in [4.69, 9.17) is 21.3 Å². The lowest BCUT2D eigenvalue weighted by Gasteiger charge is -2.09. The van der Waals surface area contributed by atoms with Crippen molar-refractivity contribution in [1.29, 1.82) is 0 Å². The Kier molecular flexibility index (Phi) is 8.09. The second-order valence-corrected chi connectivity index (χ2v) is 2.75. The highest BCUT2D eigenvalue weighted by Gasteiger charge is 2.12. The van der Waals surface area contributed by atoms with E-state index in [0.29, 0.717) is 12.8 Å². The van der Waals surface area contributed by atoms with Gasteiger partial charge in [0, 0.05) is 0 Å². The number of nitrogens with two attached hydrogens (primary N) is 1. The number of rotatable bonds is 8. The van der Waals surface area contributed by atoms with E-state index in [-0.39, 0.29) is 18.6 Å². The molecule has 1 atom stereocenters. The third-order valence-corrected chi connectivity index (χ3v) is 1.49. The molecule has 0 heterocycles. The summed E-state index contributed by atoms with van der Waals surface area (Å²) in [6.07, 6.45) is 0.983. The fourth-order valence-corrected chi connectivity index (χ4v) is 0.705. The highest BCUT2D eigenvalue weighted by atomic mass is 17.1. The predicted octanol–water partition coefficient (Wildman–Crippen LogP) is -1.36. The third-order valence-electron chi connectivity index (χ3n) is 1.49. The molecular formula is C7H16N2O6. The van der Waals surface area contributed by atoms with Crippen molar-refractivity contribution < 1.29 is 29.9 Å². The number of carbonyl (C=O) groups is 1. The Hall–Kier alpha value is -0.770. The molecule has 0 amide bonds. The average molecular weight is 224 g/mol. The molecule has 0 spiro atoms. The van der Waals surface area contributed by atoms with Crippen LogP contribution in [0.4, 0.5) is 0 Å². The maximum atomic E-state index is 10.9. The number of hydrogen-bond acceptors (Lipinski definition) is 8. The highest BCUT2D eigenvalue weighted by molar-refractivity contribution is 5.75. The molecule has 0 rings (SSSR count). The zero-order chi connectivity index (χ0) is 11.7. The number of aliphatic hydroxyl groups excluding tert-OH is 1. The van der Waals surface area contributed by atoms with Crippen LogP contribution >= 0.6 is 0 Å². The SMILES string of the molecule is NC(CO)C(=O)OCCCCON(O)O. The van der Waals surface area contributed by atoms with Gasteiger partial charge in [-0.1, -0.05) is 0 Å². The van der Waals surface area contributed by atoms with E-state index >= 15 is 0 Å². The summed E-state index contributed by atoms with van der Waals surface area (Å²) in [7, 11) is 0.